The maximum absolute atomic E-state index is 10.3. The van der Waals surface area contributed by atoms with Gasteiger partial charge in [-0.15, -0.1) is 0 Å². The smallest absolute Gasteiger partial charge is 0.0912 e. The summed E-state index contributed by atoms with van der Waals surface area (Å²) in [5, 5.41) is 10.3. The highest BCUT2D eigenvalue weighted by Gasteiger charge is 2.35. The lowest BCUT2D eigenvalue weighted by Gasteiger charge is -2.33. The molecule has 3 nitrogen and oxygen atoms in total. The molecule has 3 heteroatoms. The molecule has 0 aromatic rings. The van der Waals surface area contributed by atoms with Crippen LogP contribution in [0.4, 0.5) is 0 Å². The monoisotopic (exact) mass is 198 g/mol. The molecule has 1 unspecified atom stereocenters. The lowest BCUT2D eigenvalue weighted by Crippen LogP contribution is -2.46. The van der Waals surface area contributed by atoms with Gasteiger partial charge in [-0.2, -0.15) is 0 Å². The number of rotatable bonds is 2. The lowest BCUT2D eigenvalue weighted by molar-refractivity contribution is 0.00865. The Kier molecular flexibility index (Phi) is 3.10. The van der Waals surface area contributed by atoms with Crippen LogP contribution in [0, 0.1) is 0 Å². The zero-order chi connectivity index (χ0) is 10.0. The highest BCUT2D eigenvalue weighted by Crippen LogP contribution is 2.22. The fourth-order valence-electron chi connectivity index (χ4n) is 2.72. The van der Waals surface area contributed by atoms with E-state index in [9.17, 15) is 5.11 Å². The van der Waals surface area contributed by atoms with Gasteiger partial charge < -0.3 is 14.9 Å². The average molecular weight is 198 g/mol. The molecule has 0 saturated carbocycles. The van der Waals surface area contributed by atoms with Crippen LogP contribution in [0.5, 0.6) is 0 Å². The normalized spacial score (nSPS) is 36.4. The SMILES string of the molecule is CN1CCC(O)(CN2CCCCC2)C1. The summed E-state index contributed by atoms with van der Waals surface area (Å²) in [6.45, 7) is 5.16. The molecule has 2 heterocycles. The van der Waals surface area contributed by atoms with E-state index in [0.29, 0.717) is 0 Å². The fraction of sp³-hybridized carbons (Fsp3) is 1.00. The molecule has 0 bridgehead atoms. The highest BCUT2D eigenvalue weighted by molar-refractivity contribution is 4.91. The number of hydrogen-bond acceptors (Lipinski definition) is 3. The van der Waals surface area contributed by atoms with Crippen molar-refractivity contribution in [3.8, 4) is 0 Å². The third-order valence-electron chi connectivity index (χ3n) is 3.49. The number of nitrogens with zero attached hydrogens (tertiary/aromatic N) is 2. The number of β-amino-alcohol motifs (C(OH)–C–C–N with tert-alkyl or cyclic N) is 1. The second kappa shape index (κ2) is 4.17. The van der Waals surface area contributed by atoms with E-state index in [1.54, 1.807) is 0 Å². The van der Waals surface area contributed by atoms with E-state index in [0.717, 1.165) is 26.1 Å². The van der Waals surface area contributed by atoms with Crippen molar-refractivity contribution in [2.75, 3.05) is 39.8 Å². The zero-order valence-corrected chi connectivity index (χ0v) is 9.21. The first-order chi connectivity index (χ1) is 6.68. The van der Waals surface area contributed by atoms with Gasteiger partial charge in [-0.05, 0) is 39.4 Å². The van der Waals surface area contributed by atoms with Crippen molar-refractivity contribution in [3.63, 3.8) is 0 Å². The van der Waals surface area contributed by atoms with Crippen LogP contribution in [0.1, 0.15) is 25.7 Å². The van der Waals surface area contributed by atoms with E-state index in [1.165, 1.54) is 32.4 Å². The molecule has 0 aliphatic carbocycles. The van der Waals surface area contributed by atoms with E-state index >= 15 is 0 Å². The summed E-state index contributed by atoms with van der Waals surface area (Å²) in [4.78, 5) is 4.66. The standard InChI is InChI=1S/C11H22N2O/c1-12-8-5-11(14,9-12)10-13-6-3-2-4-7-13/h14H,2-10H2,1H3. The summed E-state index contributed by atoms with van der Waals surface area (Å²) in [5.41, 5.74) is -0.425. The number of likely N-dealkylation sites (tertiary alicyclic amines) is 2. The van der Waals surface area contributed by atoms with Crippen LogP contribution in [0.15, 0.2) is 0 Å². The minimum absolute atomic E-state index is 0.425. The molecule has 0 amide bonds. The molecule has 0 aromatic heterocycles. The molecule has 82 valence electrons. The third kappa shape index (κ3) is 2.47. The van der Waals surface area contributed by atoms with E-state index < -0.39 is 5.60 Å². The Labute approximate surface area is 86.7 Å². The molecule has 2 rings (SSSR count). The van der Waals surface area contributed by atoms with Crippen LogP contribution < -0.4 is 0 Å². The number of piperidine rings is 1. The molecular weight excluding hydrogens is 176 g/mol. The third-order valence-corrected chi connectivity index (χ3v) is 3.49. The summed E-state index contributed by atoms with van der Waals surface area (Å²) < 4.78 is 0. The van der Waals surface area contributed by atoms with Crippen molar-refractivity contribution in [2.24, 2.45) is 0 Å². The van der Waals surface area contributed by atoms with Crippen LogP contribution in [0.2, 0.25) is 0 Å². The second-order valence-electron chi connectivity index (χ2n) is 5.05. The van der Waals surface area contributed by atoms with E-state index in [4.69, 9.17) is 0 Å². The Morgan fingerprint density at radius 2 is 1.86 bits per heavy atom. The minimum atomic E-state index is -0.425. The quantitative estimate of drug-likeness (QED) is 0.701. The van der Waals surface area contributed by atoms with Crippen LogP contribution in [-0.2, 0) is 0 Å². The molecule has 2 aliphatic rings. The largest absolute Gasteiger partial charge is 0.387 e. The van der Waals surface area contributed by atoms with Gasteiger partial charge >= 0.3 is 0 Å². The molecular formula is C11H22N2O. The Morgan fingerprint density at radius 3 is 2.43 bits per heavy atom. The van der Waals surface area contributed by atoms with E-state index in [2.05, 4.69) is 16.8 Å². The summed E-state index contributed by atoms with van der Waals surface area (Å²) in [6.07, 6.45) is 4.94. The highest BCUT2D eigenvalue weighted by atomic mass is 16.3. The average Bonchev–Trinajstić information content (AvgIpc) is 2.47. The molecule has 2 aliphatic heterocycles. The number of hydrogen-bond donors (Lipinski definition) is 1. The maximum atomic E-state index is 10.3. The van der Waals surface area contributed by atoms with Gasteiger partial charge in [-0.3, -0.25) is 0 Å². The van der Waals surface area contributed by atoms with Crippen LogP contribution in [0.3, 0.4) is 0 Å². The Hall–Kier alpha value is -0.120. The summed E-state index contributed by atoms with van der Waals surface area (Å²) in [6, 6.07) is 0. The lowest BCUT2D eigenvalue weighted by atomic mass is 10.0. The first-order valence-corrected chi connectivity index (χ1v) is 5.81. The molecule has 1 N–H and O–H groups in total. The molecule has 2 saturated heterocycles. The first-order valence-electron chi connectivity index (χ1n) is 5.81. The number of likely N-dealkylation sites (N-methyl/N-ethyl adjacent to an activating group) is 1. The van der Waals surface area contributed by atoms with Gasteiger partial charge in [-0.25, -0.2) is 0 Å². The van der Waals surface area contributed by atoms with Gasteiger partial charge in [0.25, 0.3) is 0 Å². The molecule has 0 spiro atoms. The molecule has 0 radical (unpaired) electrons. The van der Waals surface area contributed by atoms with E-state index in [1.807, 2.05) is 0 Å². The van der Waals surface area contributed by atoms with E-state index in [-0.39, 0.29) is 0 Å². The van der Waals surface area contributed by atoms with Gasteiger partial charge in [0.05, 0.1) is 5.60 Å². The second-order valence-corrected chi connectivity index (χ2v) is 5.05. The molecule has 1 atom stereocenters. The molecule has 0 aromatic carbocycles. The van der Waals surface area contributed by atoms with Crippen molar-refractivity contribution >= 4 is 0 Å². The van der Waals surface area contributed by atoms with Gasteiger partial charge in [0.15, 0.2) is 0 Å². The van der Waals surface area contributed by atoms with Crippen molar-refractivity contribution in [1.82, 2.24) is 9.80 Å². The predicted octanol–water partition coefficient (Wildman–Crippen LogP) is 0.539. The van der Waals surface area contributed by atoms with Crippen molar-refractivity contribution < 1.29 is 5.11 Å². The van der Waals surface area contributed by atoms with Crippen molar-refractivity contribution in [3.05, 3.63) is 0 Å². The Balaban J connectivity index is 1.83. The Morgan fingerprint density at radius 1 is 1.14 bits per heavy atom. The first kappa shape index (κ1) is 10.4. The van der Waals surface area contributed by atoms with Crippen LogP contribution >= 0.6 is 0 Å². The topological polar surface area (TPSA) is 26.7 Å². The van der Waals surface area contributed by atoms with Crippen molar-refractivity contribution in [2.45, 2.75) is 31.3 Å². The summed E-state index contributed by atoms with van der Waals surface area (Å²) in [7, 11) is 2.09. The summed E-state index contributed by atoms with van der Waals surface area (Å²) in [5.74, 6) is 0. The van der Waals surface area contributed by atoms with Gasteiger partial charge in [0, 0.05) is 19.6 Å². The van der Waals surface area contributed by atoms with Gasteiger partial charge in [0.1, 0.15) is 0 Å². The van der Waals surface area contributed by atoms with Gasteiger partial charge in [-0.1, -0.05) is 6.42 Å². The van der Waals surface area contributed by atoms with Crippen LogP contribution in [-0.4, -0.2) is 60.3 Å². The molecule has 2 fully saturated rings. The predicted molar refractivity (Wildman–Crippen MR) is 57.4 cm³/mol. The van der Waals surface area contributed by atoms with Crippen molar-refractivity contribution in [1.29, 1.82) is 0 Å². The Bertz CT molecular complexity index is 192. The molecule has 14 heavy (non-hydrogen) atoms. The van der Waals surface area contributed by atoms with Gasteiger partial charge in [0.2, 0.25) is 0 Å². The maximum Gasteiger partial charge on any atom is 0.0912 e. The zero-order valence-electron chi connectivity index (χ0n) is 9.21. The van der Waals surface area contributed by atoms with Crippen LogP contribution in [0.25, 0.3) is 0 Å². The number of aliphatic hydroxyl groups is 1. The summed E-state index contributed by atoms with van der Waals surface area (Å²) >= 11 is 0. The fourth-order valence-corrected chi connectivity index (χ4v) is 2.72. The minimum Gasteiger partial charge on any atom is -0.387 e.